The number of hydrogen-bond acceptors (Lipinski definition) is 5. The summed E-state index contributed by atoms with van der Waals surface area (Å²) < 4.78 is 4.82. The number of hydrogen-bond donors (Lipinski definition) is 0. The summed E-state index contributed by atoms with van der Waals surface area (Å²) in [5.74, 6) is -3.08. The van der Waals surface area contributed by atoms with Crippen molar-refractivity contribution in [3.8, 4) is 0 Å². The van der Waals surface area contributed by atoms with E-state index in [9.17, 15) is 14.4 Å². The highest BCUT2D eigenvalue weighted by atomic mass is 32.2. The Bertz CT molecular complexity index is 641. The van der Waals surface area contributed by atoms with Crippen LogP contribution in [-0.2, 0) is 19.1 Å². The van der Waals surface area contributed by atoms with Crippen molar-refractivity contribution < 1.29 is 19.1 Å². The molecule has 0 aliphatic carbocycles. The number of cyclic esters (lactones) is 1. The fourth-order valence-electron chi connectivity index (χ4n) is 1.89. The van der Waals surface area contributed by atoms with Gasteiger partial charge in [-0.2, -0.15) is 0 Å². The van der Waals surface area contributed by atoms with Crippen molar-refractivity contribution in [3.63, 3.8) is 0 Å². The minimum Gasteiger partial charge on any atom is -0.430 e. The maximum atomic E-state index is 12.0. The molecule has 0 amide bonds. The topological polar surface area (TPSA) is 60.4 Å². The minimum absolute atomic E-state index is 0.214. The lowest BCUT2D eigenvalue weighted by Crippen LogP contribution is -2.34. The van der Waals surface area contributed by atoms with Crippen molar-refractivity contribution in [3.05, 3.63) is 47.7 Å². The van der Waals surface area contributed by atoms with E-state index in [1.807, 2.05) is 30.5 Å². The molecule has 0 saturated carbocycles. The molecule has 1 atom stereocenters. The zero-order chi connectivity index (χ0) is 15.4. The van der Waals surface area contributed by atoms with Crippen LogP contribution in [0.3, 0.4) is 0 Å². The maximum Gasteiger partial charge on any atom is 0.329 e. The number of ether oxygens (including phenoxy) is 1. The van der Waals surface area contributed by atoms with Gasteiger partial charge in [0.05, 0.1) is 0 Å². The first kappa shape index (κ1) is 15.3. The third kappa shape index (κ3) is 3.70. The highest BCUT2D eigenvalue weighted by Gasteiger charge is 2.36. The molecule has 0 N–H and O–H groups in total. The maximum absolute atomic E-state index is 12.0. The Hall–Kier alpha value is -2.14. The molecular formula is C16H14O4S. The minimum atomic E-state index is -1.38. The highest BCUT2D eigenvalue weighted by molar-refractivity contribution is 7.98. The molecule has 0 spiro atoms. The monoisotopic (exact) mass is 302 g/mol. The Balaban J connectivity index is 2.11. The second-order valence-corrected chi connectivity index (χ2v) is 5.40. The van der Waals surface area contributed by atoms with Gasteiger partial charge in [0.2, 0.25) is 0 Å². The Morgan fingerprint density at radius 1 is 1.24 bits per heavy atom. The molecule has 5 heteroatoms. The summed E-state index contributed by atoms with van der Waals surface area (Å²) in [6.45, 7) is 1.50. The van der Waals surface area contributed by atoms with Crippen LogP contribution in [0.4, 0.5) is 0 Å². The van der Waals surface area contributed by atoms with Gasteiger partial charge in [-0.25, -0.2) is 0 Å². The lowest BCUT2D eigenvalue weighted by molar-refractivity contribution is -0.151. The van der Waals surface area contributed by atoms with Crippen LogP contribution in [0.5, 0.6) is 0 Å². The van der Waals surface area contributed by atoms with Crippen molar-refractivity contribution in [2.24, 2.45) is 5.92 Å². The summed E-state index contributed by atoms with van der Waals surface area (Å²) in [6, 6.07) is 7.59. The van der Waals surface area contributed by atoms with Crippen LogP contribution in [-0.4, -0.2) is 23.8 Å². The van der Waals surface area contributed by atoms with Gasteiger partial charge in [-0.05, 0) is 37.0 Å². The first-order chi connectivity index (χ1) is 10.0. The molecule has 1 unspecified atom stereocenters. The van der Waals surface area contributed by atoms with Crippen LogP contribution in [0.2, 0.25) is 0 Å². The van der Waals surface area contributed by atoms with E-state index in [2.05, 4.69) is 0 Å². The lowest BCUT2D eigenvalue weighted by Gasteiger charge is -2.15. The van der Waals surface area contributed by atoms with Crippen LogP contribution in [0.15, 0.2) is 47.1 Å². The normalized spacial score (nSPS) is 18.6. The quantitative estimate of drug-likeness (QED) is 0.370. The largest absolute Gasteiger partial charge is 0.430 e. The number of ketones is 2. The highest BCUT2D eigenvalue weighted by Crippen LogP contribution is 2.18. The molecule has 1 heterocycles. The number of thioether (sulfide) groups is 1. The fourth-order valence-corrected chi connectivity index (χ4v) is 2.30. The first-order valence-electron chi connectivity index (χ1n) is 6.31. The number of esters is 1. The SMILES string of the molecule is CSc1ccc(C=CC(=O)C2C(=O)C=C(C)OC2=O)cc1. The third-order valence-corrected chi connectivity index (χ3v) is 3.71. The van der Waals surface area contributed by atoms with Gasteiger partial charge in [-0.15, -0.1) is 11.8 Å². The van der Waals surface area contributed by atoms with E-state index in [-0.39, 0.29) is 5.76 Å². The van der Waals surface area contributed by atoms with Crippen LogP contribution in [0.25, 0.3) is 6.08 Å². The molecule has 2 rings (SSSR count). The van der Waals surface area contributed by atoms with Crippen molar-refractivity contribution >= 4 is 35.4 Å². The van der Waals surface area contributed by atoms with E-state index in [0.29, 0.717) is 0 Å². The smallest absolute Gasteiger partial charge is 0.329 e. The summed E-state index contributed by atoms with van der Waals surface area (Å²) in [4.78, 5) is 36.4. The van der Waals surface area contributed by atoms with Gasteiger partial charge in [0.25, 0.3) is 0 Å². The van der Waals surface area contributed by atoms with E-state index < -0.39 is 23.5 Å². The number of allylic oxidation sites excluding steroid dienone is 3. The van der Waals surface area contributed by atoms with Crippen molar-refractivity contribution in [1.82, 2.24) is 0 Å². The second kappa shape index (κ2) is 6.54. The summed E-state index contributed by atoms with van der Waals surface area (Å²) in [5, 5.41) is 0. The summed E-state index contributed by atoms with van der Waals surface area (Å²) in [6.07, 6.45) is 5.97. The molecule has 1 aliphatic heterocycles. The Labute approximate surface area is 126 Å². The fraction of sp³-hybridized carbons (Fsp3) is 0.188. The Kier molecular flexibility index (Phi) is 4.75. The van der Waals surface area contributed by atoms with E-state index in [1.165, 1.54) is 19.1 Å². The molecule has 1 aromatic carbocycles. The van der Waals surface area contributed by atoms with Crippen molar-refractivity contribution in [1.29, 1.82) is 0 Å². The predicted molar refractivity (Wildman–Crippen MR) is 80.6 cm³/mol. The van der Waals surface area contributed by atoms with E-state index in [1.54, 1.807) is 17.8 Å². The predicted octanol–water partition coefficient (Wildman–Crippen LogP) is 2.64. The van der Waals surface area contributed by atoms with E-state index in [0.717, 1.165) is 10.5 Å². The molecule has 0 saturated heterocycles. The zero-order valence-corrected chi connectivity index (χ0v) is 12.5. The average molecular weight is 302 g/mol. The average Bonchev–Trinajstić information content (AvgIpc) is 2.44. The first-order valence-corrected chi connectivity index (χ1v) is 7.53. The molecule has 21 heavy (non-hydrogen) atoms. The molecule has 0 bridgehead atoms. The van der Waals surface area contributed by atoms with Gasteiger partial charge in [-0.3, -0.25) is 14.4 Å². The van der Waals surface area contributed by atoms with E-state index >= 15 is 0 Å². The Morgan fingerprint density at radius 2 is 1.90 bits per heavy atom. The van der Waals surface area contributed by atoms with Gasteiger partial charge in [0.1, 0.15) is 5.76 Å². The second-order valence-electron chi connectivity index (χ2n) is 4.52. The van der Waals surface area contributed by atoms with Crippen LogP contribution in [0, 0.1) is 5.92 Å². The number of carbonyl (C=O) groups is 3. The molecule has 1 aromatic rings. The van der Waals surface area contributed by atoms with Crippen molar-refractivity contribution in [2.75, 3.05) is 6.26 Å². The molecule has 0 fully saturated rings. The molecule has 4 nitrogen and oxygen atoms in total. The standard InChI is InChI=1S/C16H14O4S/c1-10-9-14(18)15(16(19)20-10)13(17)8-5-11-3-6-12(21-2)7-4-11/h3-9,15H,1-2H3. The summed E-state index contributed by atoms with van der Waals surface area (Å²) >= 11 is 1.62. The summed E-state index contributed by atoms with van der Waals surface area (Å²) in [5.41, 5.74) is 0.824. The Morgan fingerprint density at radius 3 is 2.48 bits per heavy atom. The molecule has 108 valence electrons. The van der Waals surface area contributed by atoms with Crippen LogP contribution in [0.1, 0.15) is 12.5 Å². The zero-order valence-electron chi connectivity index (χ0n) is 11.7. The van der Waals surface area contributed by atoms with E-state index in [4.69, 9.17) is 4.74 Å². The lowest BCUT2D eigenvalue weighted by atomic mass is 9.96. The van der Waals surface area contributed by atoms with Crippen LogP contribution >= 0.6 is 11.8 Å². The third-order valence-electron chi connectivity index (χ3n) is 2.97. The van der Waals surface area contributed by atoms with Gasteiger partial charge in [0.15, 0.2) is 17.5 Å². The van der Waals surface area contributed by atoms with Gasteiger partial charge in [0, 0.05) is 11.0 Å². The van der Waals surface area contributed by atoms with Crippen LogP contribution < -0.4 is 0 Å². The van der Waals surface area contributed by atoms with Crippen molar-refractivity contribution in [2.45, 2.75) is 11.8 Å². The van der Waals surface area contributed by atoms with Gasteiger partial charge >= 0.3 is 5.97 Å². The number of benzene rings is 1. The molecular weight excluding hydrogens is 288 g/mol. The molecule has 0 aromatic heterocycles. The van der Waals surface area contributed by atoms with Gasteiger partial charge in [-0.1, -0.05) is 18.2 Å². The summed E-state index contributed by atoms with van der Waals surface area (Å²) in [7, 11) is 0. The van der Waals surface area contributed by atoms with Gasteiger partial charge < -0.3 is 4.74 Å². The molecule has 1 aliphatic rings. The molecule has 0 radical (unpaired) electrons. The number of carbonyl (C=O) groups excluding carboxylic acids is 3. The number of rotatable bonds is 4.